The summed E-state index contributed by atoms with van der Waals surface area (Å²) in [5.74, 6) is -0.953. The molecule has 0 aliphatic heterocycles. The van der Waals surface area contributed by atoms with Crippen LogP contribution in [0.2, 0.25) is 0 Å². The highest BCUT2D eigenvalue weighted by Gasteiger charge is 2.34. The highest BCUT2D eigenvalue weighted by molar-refractivity contribution is 7.89. The Balaban J connectivity index is 3.32. The van der Waals surface area contributed by atoms with Crippen molar-refractivity contribution in [2.45, 2.75) is 23.8 Å². The molecule has 1 aromatic rings. The average molecular weight is 302 g/mol. The Morgan fingerprint density at radius 1 is 1.40 bits per heavy atom. The molecule has 3 N–H and O–H groups in total. The van der Waals surface area contributed by atoms with E-state index in [0.29, 0.717) is 0 Å². The second kappa shape index (κ2) is 6.28. The molecule has 0 aromatic heterocycles. The largest absolute Gasteiger partial charge is 0.394 e. The number of benzene rings is 1. The van der Waals surface area contributed by atoms with Gasteiger partial charge in [0, 0.05) is 0 Å². The van der Waals surface area contributed by atoms with Crippen LogP contribution in [0.1, 0.15) is 18.9 Å². The second-order valence-corrected chi connectivity index (χ2v) is 5.93. The molecule has 0 radical (unpaired) electrons. The molecule has 0 spiro atoms. The van der Waals surface area contributed by atoms with Crippen molar-refractivity contribution in [1.29, 1.82) is 5.26 Å². The van der Waals surface area contributed by atoms with Gasteiger partial charge in [0.05, 0.1) is 18.8 Å². The summed E-state index contributed by atoms with van der Waals surface area (Å²) in [7, 11) is -4.25. The number of aliphatic hydroxyl groups excluding tert-OH is 2. The summed E-state index contributed by atoms with van der Waals surface area (Å²) in [4.78, 5) is -0.528. The lowest BCUT2D eigenvalue weighted by atomic mass is 10.0. The molecule has 0 fully saturated rings. The third-order valence-electron chi connectivity index (χ3n) is 3.01. The van der Waals surface area contributed by atoms with Gasteiger partial charge in [-0.25, -0.2) is 17.5 Å². The second-order valence-electron chi connectivity index (χ2n) is 4.28. The third-order valence-corrected chi connectivity index (χ3v) is 4.63. The number of nitrogens with zero attached hydrogens (tertiary/aromatic N) is 1. The quantitative estimate of drug-likeness (QED) is 0.690. The molecule has 0 heterocycles. The van der Waals surface area contributed by atoms with Crippen LogP contribution >= 0.6 is 0 Å². The molecule has 0 aliphatic rings. The lowest BCUT2D eigenvalue weighted by molar-refractivity contribution is 0.105. The highest BCUT2D eigenvalue weighted by Crippen LogP contribution is 2.21. The monoisotopic (exact) mass is 302 g/mol. The first-order chi connectivity index (χ1) is 9.35. The van der Waals surface area contributed by atoms with Gasteiger partial charge in [-0.1, -0.05) is 13.0 Å². The van der Waals surface area contributed by atoms with E-state index in [1.807, 2.05) is 0 Å². The van der Waals surface area contributed by atoms with Gasteiger partial charge in [-0.15, -0.1) is 0 Å². The maximum atomic E-state index is 13.4. The molecule has 8 heteroatoms. The Labute approximate surface area is 116 Å². The normalized spacial score (nSPS) is 12.2. The Morgan fingerprint density at radius 3 is 2.45 bits per heavy atom. The molecular weight excluding hydrogens is 287 g/mol. The predicted molar refractivity (Wildman–Crippen MR) is 68.6 cm³/mol. The van der Waals surface area contributed by atoms with Crippen molar-refractivity contribution < 1.29 is 23.0 Å². The van der Waals surface area contributed by atoms with Gasteiger partial charge in [0.25, 0.3) is 0 Å². The summed E-state index contributed by atoms with van der Waals surface area (Å²) in [6.45, 7) is 0.318. The molecule has 0 amide bonds. The molecule has 0 saturated heterocycles. The fraction of sp³-hybridized carbons (Fsp3) is 0.417. The lowest BCUT2D eigenvalue weighted by Gasteiger charge is -2.29. The van der Waals surface area contributed by atoms with Crippen LogP contribution in [-0.2, 0) is 10.0 Å². The maximum absolute atomic E-state index is 13.4. The van der Waals surface area contributed by atoms with Crippen molar-refractivity contribution in [3.05, 3.63) is 29.6 Å². The van der Waals surface area contributed by atoms with Crippen LogP contribution in [0, 0.1) is 17.1 Å². The Morgan fingerprint density at radius 2 is 2.00 bits per heavy atom. The lowest BCUT2D eigenvalue weighted by Crippen LogP contribution is -2.53. The maximum Gasteiger partial charge on any atom is 0.242 e. The number of rotatable bonds is 6. The van der Waals surface area contributed by atoms with E-state index in [-0.39, 0.29) is 6.42 Å². The minimum absolute atomic E-state index is 0.121. The van der Waals surface area contributed by atoms with E-state index >= 15 is 0 Å². The molecule has 0 saturated carbocycles. The Hall–Kier alpha value is -1.53. The molecule has 1 aromatic carbocycles. The first-order valence-corrected chi connectivity index (χ1v) is 7.28. The first-order valence-electron chi connectivity index (χ1n) is 5.80. The van der Waals surface area contributed by atoms with E-state index in [4.69, 9.17) is 5.26 Å². The van der Waals surface area contributed by atoms with Crippen LogP contribution in [0.15, 0.2) is 23.1 Å². The molecule has 0 atom stereocenters. The zero-order chi connectivity index (χ0) is 15.4. The van der Waals surface area contributed by atoms with E-state index in [2.05, 4.69) is 4.72 Å². The van der Waals surface area contributed by atoms with Gasteiger partial charge >= 0.3 is 0 Å². The fourth-order valence-corrected chi connectivity index (χ4v) is 3.21. The molecule has 20 heavy (non-hydrogen) atoms. The number of aliphatic hydroxyl groups is 2. The number of hydrogen-bond acceptors (Lipinski definition) is 5. The average Bonchev–Trinajstić information content (AvgIpc) is 2.44. The predicted octanol–water partition coefficient (Wildman–Crippen LogP) is 0.109. The van der Waals surface area contributed by atoms with Gasteiger partial charge in [0.2, 0.25) is 10.0 Å². The van der Waals surface area contributed by atoms with Crippen LogP contribution in [0.3, 0.4) is 0 Å². The van der Waals surface area contributed by atoms with E-state index in [0.717, 1.165) is 18.2 Å². The minimum atomic E-state index is -4.25. The van der Waals surface area contributed by atoms with Gasteiger partial charge in [0.1, 0.15) is 22.3 Å². The number of nitrogens with one attached hydrogen (secondary N) is 1. The van der Waals surface area contributed by atoms with Crippen LogP contribution in [0.4, 0.5) is 4.39 Å². The van der Waals surface area contributed by atoms with Crippen LogP contribution in [0.5, 0.6) is 0 Å². The summed E-state index contributed by atoms with van der Waals surface area (Å²) in [6, 6.07) is 4.71. The first kappa shape index (κ1) is 16.5. The van der Waals surface area contributed by atoms with Gasteiger partial charge in [0.15, 0.2) is 0 Å². The topological polar surface area (TPSA) is 110 Å². The van der Waals surface area contributed by atoms with E-state index in [1.54, 1.807) is 6.92 Å². The third kappa shape index (κ3) is 3.13. The number of nitriles is 1. The van der Waals surface area contributed by atoms with Gasteiger partial charge < -0.3 is 10.2 Å². The van der Waals surface area contributed by atoms with E-state index in [9.17, 15) is 23.0 Å². The zero-order valence-electron chi connectivity index (χ0n) is 10.8. The summed E-state index contributed by atoms with van der Waals surface area (Å²) < 4.78 is 40.0. The van der Waals surface area contributed by atoms with Crippen molar-refractivity contribution in [3.63, 3.8) is 0 Å². The molecule has 6 nitrogen and oxygen atoms in total. The highest BCUT2D eigenvalue weighted by atomic mass is 32.2. The van der Waals surface area contributed by atoms with Crippen LogP contribution < -0.4 is 4.72 Å². The molecule has 0 aliphatic carbocycles. The molecule has 110 valence electrons. The van der Waals surface area contributed by atoms with Gasteiger partial charge in [-0.2, -0.15) is 5.26 Å². The Kier molecular flexibility index (Phi) is 5.19. The number of sulfonamides is 1. The van der Waals surface area contributed by atoms with Gasteiger partial charge in [-0.3, -0.25) is 0 Å². The summed E-state index contributed by atoms with van der Waals surface area (Å²) in [6.07, 6.45) is 0.121. The van der Waals surface area contributed by atoms with Crippen LogP contribution in [-0.4, -0.2) is 37.4 Å². The van der Waals surface area contributed by atoms with Crippen molar-refractivity contribution in [1.82, 2.24) is 4.72 Å². The summed E-state index contributed by atoms with van der Waals surface area (Å²) in [5.41, 5.74) is -2.07. The van der Waals surface area contributed by atoms with Crippen molar-refractivity contribution in [2.24, 2.45) is 0 Å². The van der Waals surface area contributed by atoms with E-state index < -0.39 is 45.1 Å². The van der Waals surface area contributed by atoms with Crippen molar-refractivity contribution >= 4 is 10.0 Å². The number of hydrogen-bond donors (Lipinski definition) is 3. The molecular formula is C12H15FN2O4S. The Bertz CT molecular complexity index is 613. The van der Waals surface area contributed by atoms with E-state index in [1.165, 1.54) is 6.07 Å². The number of halogens is 1. The fourth-order valence-electron chi connectivity index (χ4n) is 1.59. The zero-order valence-corrected chi connectivity index (χ0v) is 11.6. The van der Waals surface area contributed by atoms with Gasteiger partial charge in [-0.05, 0) is 18.6 Å². The minimum Gasteiger partial charge on any atom is -0.394 e. The molecule has 0 unspecified atom stereocenters. The SMILES string of the molecule is CCC(CO)(CO)NS(=O)(=O)c1cccc(F)c1C#N. The van der Waals surface area contributed by atoms with Crippen molar-refractivity contribution in [3.8, 4) is 6.07 Å². The van der Waals surface area contributed by atoms with Crippen LogP contribution in [0.25, 0.3) is 0 Å². The molecule has 0 bridgehead atoms. The molecule has 1 rings (SSSR count). The van der Waals surface area contributed by atoms with Crippen molar-refractivity contribution in [2.75, 3.05) is 13.2 Å². The standard InChI is InChI=1S/C12H15FN2O4S/c1-2-12(7-16,8-17)15-20(18,19)11-5-3-4-10(13)9(11)6-14/h3-5,15-17H,2,7-8H2,1H3. The smallest absolute Gasteiger partial charge is 0.242 e. The summed E-state index contributed by atoms with van der Waals surface area (Å²) >= 11 is 0. The summed E-state index contributed by atoms with van der Waals surface area (Å²) in [5, 5.41) is 27.3.